The van der Waals surface area contributed by atoms with Gasteiger partial charge in [-0.15, -0.1) is 24.0 Å². The lowest BCUT2D eigenvalue weighted by atomic mass is 10.1. The SMILES string of the molecule is CCNC(=NCc1nccc2ccccc12)NC(C)CCc1ccccc1.I. The zero-order chi connectivity index (χ0) is 18.9. The molecule has 1 unspecified atom stereocenters. The summed E-state index contributed by atoms with van der Waals surface area (Å²) in [7, 11) is 0. The maximum absolute atomic E-state index is 4.76. The summed E-state index contributed by atoms with van der Waals surface area (Å²) in [5, 5.41) is 9.22. The van der Waals surface area contributed by atoms with Crippen LogP contribution in [0.2, 0.25) is 0 Å². The van der Waals surface area contributed by atoms with Gasteiger partial charge in [0.15, 0.2) is 5.96 Å². The largest absolute Gasteiger partial charge is 0.357 e. The van der Waals surface area contributed by atoms with Gasteiger partial charge in [-0.05, 0) is 43.7 Å². The summed E-state index contributed by atoms with van der Waals surface area (Å²) in [6.07, 6.45) is 3.97. The molecule has 0 saturated carbocycles. The minimum atomic E-state index is 0. The highest BCUT2D eigenvalue weighted by atomic mass is 127. The van der Waals surface area contributed by atoms with Crippen molar-refractivity contribution in [2.24, 2.45) is 4.99 Å². The molecule has 28 heavy (non-hydrogen) atoms. The van der Waals surface area contributed by atoms with Crippen LogP contribution in [0.5, 0.6) is 0 Å². The molecule has 1 heterocycles. The molecule has 0 saturated heterocycles. The van der Waals surface area contributed by atoms with Crippen molar-refractivity contribution in [3.8, 4) is 0 Å². The van der Waals surface area contributed by atoms with Crippen molar-refractivity contribution in [3.63, 3.8) is 0 Å². The number of guanidine groups is 1. The lowest BCUT2D eigenvalue weighted by Crippen LogP contribution is -2.42. The first kappa shape index (κ1) is 22.1. The standard InChI is InChI=1S/C23H28N4.HI/c1-3-24-23(27-18(2)13-14-19-9-5-4-6-10-19)26-17-22-21-12-8-7-11-20(21)15-16-25-22;/h4-12,15-16,18H,3,13-14,17H2,1-2H3,(H2,24,26,27);1H. The van der Waals surface area contributed by atoms with E-state index in [0.717, 1.165) is 36.4 Å². The van der Waals surface area contributed by atoms with Gasteiger partial charge in [0.05, 0.1) is 12.2 Å². The van der Waals surface area contributed by atoms with Crippen LogP contribution >= 0.6 is 24.0 Å². The van der Waals surface area contributed by atoms with Crippen molar-refractivity contribution in [1.29, 1.82) is 0 Å². The molecule has 3 aromatic rings. The Balaban J connectivity index is 0.00000280. The predicted octanol–water partition coefficient (Wildman–Crippen LogP) is 4.93. The van der Waals surface area contributed by atoms with E-state index >= 15 is 0 Å². The summed E-state index contributed by atoms with van der Waals surface area (Å²) in [6, 6.07) is 21.3. The summed E-state index contributed by atoms with van der Waals surface area (Å²) >= 11 is 0. The molecule has 0 spiro atoms. The van der Waals surface area contributed by atoms with E-state index in [-0.39, 0.29) is 24.0 Å². The van der Waals surface area contributed by atoms with Crippen LogP contribution in [0.25, 0.3) is 10.8 Å². The third kappa shape index (κ3) is 6.48. The zero-order valence-corrected chi connectivity index (χ0v) is 18.9. The van der Waals surface area contributed by atoms with Crippen molar-refractivity contribution < 1.29 is 0 Å². The Morgan fingerprint density at radius 1 is 1.04 bits per heavy atom. The average molecular weight is 488 g/mol. The van der Waals surface area contributed by atoms with Crippen LogP contribution in [-0.4, -0.2) is 23.5 Å². The second kappa shape index (κ2) is 11.6. The first-order valence-corrected chi connectivity index (χ1v) is 9.67. The molecule has 148 valence electrons. The number of halogens is 1. The summed E-state index contributed by atoms with van der Waals surface area (Å²) < 4.78 is 0. The van der Waals surface area contributed by atoms with Crippen LogP contribution in [0.4, 0.5) is 0 Å². The highest BCUT2D eigenvalue weighted by Gasteiger charge is 2.07. The van der Waals surface area contributed by atoms with Gasteiger partial charge in [-0.25, -0.2) is 4.99 Å². The number of aryl methyl sites for hydroxylation is 1. The first-order chi connectivity index (χ1) is 13.3. The fraction of sp³-hybridized carbons (Fsp3) is 0.304. The molecular formula is C23H29IN4. The second-order valence-corrected chi connectivity index (χ2v) is 6.74. The predicted molar refractivity (Wildman–Crippen MR) is 129 cm³/mol. The minimum Gasteiger partial charge on any atom is -0.357 e. The molecule has 5 heteroatoms. The maximum Gasteiger partial charge on any atom is 0.191 e. The third-order valence-corrected chi connectivity index (χ3v) is 4.58. The van der Waals surface area contributed by atoms with Gasteiger partial charge in [-0.3, -0.25) is 4.98 Å². The lowest BCUT2D eigenvalue weighted by Gasteiger charge is -2.18. The molecule has 0 radical (unpaired) electrons. The molecular weight excluding hydrogens is 459 g/mol. The fourth-order valence-corrected chi connectivity index (χ4v) is 3.12. The number of hydrogen-bond acceptors (Lipinski definition) is 2. The summed E-state index contributed by atoms with van der Waals surface area (Å²) in [6.45, 7) is 5.68. The van der Waals surface area contributed by atoms with E-state index in [1.807, 2.05) is 18.3 Å². The van der Waals surface area contributed by atoms with E-state index in [1.165, 1.54) is 10.9 Å². The van der Waals surface area contributed by atoms with E-state index < -0.39 is 0 Å². The molecule has 1 aromatic heterocycles. The van der Waals surface area contributed by atoms with Gasteiger partial charge < -0.3 is 10.6 Å². The Bertz CT molecular complexity index is 875. The second-order valence-electron chi connectivity index (χ2n) is 6.74. The smallest absolute Gasteiger partial charge is 0.191 e. The molecule has 0 aliphatic carbocycles. The number of aromatic nitrogens is 1. The maximum atomic E-state index is 4.76. The van der Waals surface area contributed by atoms with Gasteiger partial charge in [0.1, 0.15) is 0 Å². The van der Waals surface area contributed by atoms with Crippen molar-refractivity contribution in [2.45, 2.75) is 39.3 Å². The Hall–Kier alpha value is -2.15. The number of pyridine rings is 1. The summed E-state index contributed by atoms with van der Waals surface area (Å²) in [5.41, 5.74) is 2.37. The fourth-order valence-electron chi connectivity index (χ4n) is 3.12. The van der Waals surface area contributed by atoms with Crippen molar-refractivity contribution >= 4 is 40.7 Å². The van der Waals surface area contributed by atoms with Crippen molar-refractivity contribution in [3.05, 3.63) is 78.1 Å². The van der Waals surface area contributed by atoms with Crippen LogP contribution in [0.1, 0.15) is 31.5 Å². The highest BCUT2D eigenvalue weighted by Crippen LogP contribution is 2.16. The lowest BCUT2D eigenvalue weighted by molar-refractivity contribution is 0.593. The molecule has 0 aliphatic rings. The van der Waals surface area contributed by atoms with Gasteiger partial charge in [-0.2, -0.15) is 0 Å². The van der Waals surface area contributed by atoms with E-state index in [4.69, 9.17) is 4.99 Å². The number of rotatable bonds is 7. The van der Waals surface area contributed by atoms with E-state index in [9.17, 15) is 0 Å². The number of fused-ring (bicyclic) bond motifs is 1. The molecule has 2 aromatic carbocycles. The average Bonchev–Trinajstić information content (AvgIpc) is 2.71. The molecule has 0 aliphatic heterocycles. The van der Waals surface area contributed by atoms with E-state index in [2.05, 4.69) is 78.0 Å². The minimum absolute atomic E-state index is 0. The molecule has 1 atom stereocenters. The molecule has 0 fully saturated rings. The number of hydrogen-bond donors (Lipinski definition) is 2. The van der Waals surface area contributed by atoms with E-state index in [0.29, 0.717) is 12.6 Å². The highest BCUT2D eigenvalue weighted by molar-refractivity contribution is 14.0. The zero-order valence-electron chi connectivity index (χ0n) is 16.6. The van der Waals surface area contributed by atoms with Crippen molar-refractivity contribution in [2.75, 3.05) is 6.54 Å². The summed E-state index contributed by atoms with van der Waals surface area (Å²) in [5.74, 6) is 0.841. The van der Waals surface area contributed by atoms with Crippen LogP contribution in [0, 0.1) is 0 Å². The Morgan fingerprint density at radius 3 is 2.57 bits per heavy atom. The normalized spacial score (nSPS) is 12.3. The van der Waals surface area contributed by atoms with Gasteiger partial charge in [0.2, 0.25) is 0 Å². The molecule has 0 amide bonds. The third-order valence-electron chi connectivity index (χ3n) is 4.58. The topological polar surface area (TPSA) is 49.3 Å². The molecule has 4 nitrogen and oxygen atoms in total. The Labute approximate surface area is 184 Å². The molecule has 0 bridgehead atoms. The number of nitrogens with zero attached hydrogens (tertiary/aromatic N) is 2. The summed E-state index contributed by atoms with van der Waals surface area (Å²) in [4.78, 5) is 9.29. The molecule has 2 N–H and O–H groups in total. The van der Waals surface area contributed by atoms with Gasteiger partial charge in [0.25, 0.3) is 0 Å². The molecule has 3 rings (SSSR count). The van der Waals surface area contributed by atoms with Crippen LogP contribution in [0.15, 0.2) is 71.9 Å². The number of benzene rings is 2. The van der Waals surface area contributed by atoms with Gasteiger partial charge >= 0.3 is 0 Å². The van der Waals surface area contributed by atoms with Crippen molar-refractivity contribution in [1.82, 2.24) is 15.6 Å². The number of nitrogens with one attached hydrogen (secondary N) is 2. The Morgan fingerprint density at radius 2 is 1.79 bits per heavy atom. The van der Waals surface area contributed by atoms with Crippen LogP contribution in [0.3, 0.4) is 0 Å². The quantitative estimate of drug-likeness (QED) is 0.282. The Kier molecular flexibility index (Phi) is 9.20. The van der Waals surface area contributed by atoms with Gasteiger partial charge in [0, 0.05) is 24.2 Å². The van der Waals surface area contributed by atoms with E-state index in [1.54, 1.807) is 0 Å². The van der Waals surface area contributed by atoms with Crippen LogP contribution in [-0.2, 0) is 13.0 Å². The van der Waals surface area contributed by atoms with Gasteiger partial charge in [-0.1, -0.05) is 54.6 Å². The monoisotopic (exact) mass is 488 g/mol. The van der Waals surface area contributed by atoms with Crippen LogP contribution < -0.4 is 10.6 Å². The number of aliphatic imine (C=N–C) groups is 1. The first-order valence-electron chi connectivity index (χ1n) is 9.67.